The standard InChI is InChI=1S/C15H21NO4S/c1-11-5-4-6-13(9-11)20-12(2)14(17)16-15(3)7-8-21(18,19)10-15/h4-6,9,12H,7-8,10H2,1-3H3,(H,16,17). The second-order valence-corrected chi connectivity index (χ2v) is 8.15. The molecule has 1 aliphatic heterocycles. The Bertz CT molecular complexity index is 641. The highest BCUT2D eigenvalue weighted by Crippen LogP contribution is 2.23. The van der Waals surface area contributed by atoms with Crippen LogP contribution in [0.4, 0.5) is 0 Å². The predicted octanol–water partition coefficient (Wildman–Crippen LogP) is 1.46. The Kier molecular flexibility index (Phi) is 4.27. The van der Waals surface area contributed by atoms with Crippen LogP contribution >= 0.6 is 0 Å². The molecular formula is C15H21NO4S. The lowest BCUT2D eigenvalue weighted by molar-refractivity contribution is -0.128. The minimum absolute atomic E-state index is 0.0110. The van der Waals surface area contributed by atoms with Crippen LogP contribution in [0.25, 0.3) is 0 Å². The Labute approximate surface area is 125 Å². The molecule has 1 fully saturated rings. The predicted molar refractivity (Wildman–Crippen MR) is 81.1 cm³/mol. The number of hydrogen-bond acceptors (Lipinski definition) is 4. The molecule has 116 valence electrons. The average molecular weight is 311 g/mol. The minimum atomic E-state index is -3.05. The molecule has 1 aromatic rings. The summed E-state index contributed by atoms with van der Waals surface area (Å²) in [5.41, 5.74) is 0.356. The summed E-state index contributed by atoms with van der Waals surface area (Å²) in [7, 11) is -3.05. The van der Waals surface area contributed by atoms with Gasteiger partial charge in [0.15, 0.2) is 15.9 Å². The summed E-state index contributed by atoms with van der Waals surface area (Å²) in [6, 6.07) is 7.45. The quantitative estimate of drug-likeness (QED) is 0.913. The van der Waals surface area contributed by atoms with E-state index in [0.29, 0.717) is 12.2 Å². The van der Waals surface area contributed by atoms with E-state index in [9.17, 15) is 13.2 Å². The first-order valence-corrected chi connectivity index (χ1v) is 8.77. The van der Waals surface area contributed by atoms with Crippen LogP contribution < -0.4 is 10.1 Å². The third-order valence-electron chi connectivity index (χ3n) is 3.60. The van der Waals surface area contributed by atoms with Crippen molar-refractivity contribution in [2.45, 2.75) is 38.8 Å². The van der Waals surface area contributed by atoms with Crippen LogP contribution in [-0.4, -0.2) is 37.5 Å². The molecule has 5 nitrogen and oxygen atoms in total. The molecular weight excluding hydrogens is 290 g/mol. The zero-order chi connectivity index (χ0) is 15.7. The van der Waals surface area contributed by atoms with Crippen LogP contribution in [0.3, 0.4) is 0 Å². The molecule has 2 atom stereocenters. The molecule has 0 saturated carbocycles. The molecule has 2 rings (SSSR count). The Morgan fingerprint density at radius 1 is 1.43 bits per heavy atom. The Morgan fingerprint density at radius 3 is 2.71 bits per heavy atom. The summed E-state index contributed by atoms with van der Waals surface area (Å²) in [6.45, 7) is 5.36. The molecule has 1 N–H and O–H groups in total. The van der Waals surface area contributed by atoms with E-state index >= 15 is 0 Å². The lowest BCUT2D eigenvalue weighted by Crippen LogP contribution is -2.51. The maximum absolute atomic E-state index is 12.2. The molecule has 0 bridgehead atoms. The fourth-order valence-corrected chi connectivity index (χ4v) is 4.55. The molecule has 1 aromatic carbocycles. The monoisotopic (exact) mass is 311 g/mol. The van der Waals surface area contributed by atoms with Gasteiger partial charge in [-0.3, -0.25) is 4.79 Å². The topological polar surface area (TPSA) is 72.5 Å². The Morgan fingerprint density at radius 2 is 2.14 bits per heavy atom. The molecule has 0 spiro atoms. The summed E-state index contributed by atoms with van der Waals surface area (Å²) in [5, 5.41) is 2.80. The maximum atomic E-state index is 12.2. The first-order chi connectivity index (χ1) is 9.69. The van der Waals surface area contributed by atoms with Gasteiger partial charge in [0.05, 0.1) is 17.0 Å². The fraction of sp³-hybridized carbons (Fsp3) is 0.533. The number of nitrogens with one attached hydrogen (secondary N) is 1. The molecule has 21 heavy (non-hydrogen) atoms. The smallest absolute Gasteiger partial charge is 0.261 e. The lowest BCUT2D eigenvalue weighted by atomic mass is 10.0. The van der Waals surface area contributed by atoms with Gasteiger partial charge in [0.25, 0.3) is 5.91 Å². The number of ether oxygens (including phenoxy) is 1. The van der Waals surface area contributed by atoms with Crippen molar-refractivity contribution >= 4 is 15.7 Å². The van der Waals surface area contributed by atoms with Crippen molar-refractivity contribution in [2.24, 2.45) is 0 Å². The first-order valence-electron chi connectivity index (χ1n) is 6.95. The number of carbonyl (C=O) groups excluding carboxylic acids is 1. The molecule has 1 saturated heterocycles. The summed E-state index contributed by atoms with van der Waals surface area (Å²) in [6.07, 6.45) is -0.231. The van der Waals surface area contributed by atoms with Gasteiger partial charge < -0.3 is 10.1 Å². The van der Waals surface area contributed by atoms with Crippen molar-refractivity contribution in [3.63, 3.8) is 0 Å². The normalized spacial score (nSPS) is 25.3. The van der Waals surface area contributed by atoms with Gasteiger partial charge in [0.1, 0.15) is 5.75 Å². The van der Waals surface area contributed by atoms with E-state index < -0.39 is 21.5 Å². The van der Waals surface area contributed by atoms with Crippen LogP contribution in [0.2, 0.25) is 0 Å². The van der Waals surface area contributed by atoms with Crippen molar-refractivity contribution in [3.05, 3.63) is 29.8 Å². The van der Waals surface area contributed by atoms with Crippen LogP contribution in [0.5, 0.6) is 5.75 Å². The zero-order valence-electron chi connectivity index (χ0n) is 12.5. The fourth-order valence-electron chi connectivity index (χ4n) is 2.45. The largest absolute Gasteiger partial charge is 0.481 e. The molecule has 1 amide bonds. The van der Waals surface area contributed by atoms with Gasteiger partial charge in [0, 0.05) is 0 Å². The van der Waals surface area contributed by atoms with E-state index in [1.165, 1.54) is 0 Å². The van der Waals surface area contributed by atoms with Crippen molar-refractivity contribution in [3.8, 4) is 5.75 Å². The first kappa shape index (κ1) is 15.8. The third-order valence-corrected chi connectivity index (χ3v) is 5.50. The number of hydrogen-bond donors (Lipinski definition) is 1. The third kappa shape index (κ3) is 4.20. The molecule has 6 heteroatoms. The Balaban J connectivity index is 1.97. The van der Waals surface area contributed by atoms with E-state index in [2.05, 4.69) is 5.32 Å². The van der Waals surface area contributed by atoms with Crippen LogP contribution in [-0.2, 0) is 14.6 Å². The van der Waals surface area contributed by atoms with E-state index in [1.807, 2.05) is 25.1 Å². The van der Waals surface area contributed by atoms with E-state index in [1.54, 1.807) is 19.9 Å². The van der Waals surface area contributed by atoms with E-state index in [4.69, 9.17) is 4.74 Å². The van der Waals surface area contributed by atoms with Gasteiger partial charge in [0.2, 0.25) is 0 Å². The van der Waals surface area contributed by atoms with Gasteiger partial charge in [-0.2, -0.15) is 0 Å². The molecule has 0 aliphatic carbocycles. The lowest BCUT2D eigenvalue weighted by Gasteiger charge is -2.26. The van der Waals surface area contributed by atoms with E-state index in [-0.39, 0.29) is 17.4 Å². The van der Waals surface area contributed by atoms with Crippen molar-refractivity contribution in [2.75, 3.05) is 11.5 Å². The number of benzene rings is 1. The number of carbonyl (C=O) groups is 1. The number of sulfone groups is 1. The van der Waals surface area contributed by atoms with Gasteiger partial charge in [-0.05, 0) is 44.9 Å². The maximum Gasteiger partial charge on any atom is 0.261 e. The Hall–Kier alpha value is -1.56. The SMILES string of the molecule is Cc1cccc(OC(C)C(=O)NC2(C)CCS(=O)(=O)C2)c1. The molecule has 2 unspecified atom stereocenters. The highest BCUT2D eigenvalue weighted by atomic mass is 32.2. The molecule has 1 heterocycles. The summed E-state index contributed by atoms with van der Waals surface area (Å²) < 4.78 is 28.7. The zero-order valence-corrected chi connectivity index (χ0v) is 13.4. The van der Waals surface area contributed by atoms with Gasteiger partial charge in [-0.1, -0.05) is 12.1 Å². The summed E-state index contributed by atoms with van der Waals surface area (Å²) in [4.78, 5) is 12.2. The van der Waals surface area contributed by atoms with Gasteiger partial charge in [-0.15, -0.1) is 0 Å². The molecule has 0 radical (unpaired) electrons. The van der Waals surface area contributed by atoms with E-state index in [0.717, 1.165) is 5.56 Å². The second-order valence-electron chi connectivity index (χ2n) is 5.97. The molecule has 1 aliphatic rings. The molecule has 0 aromatic heterocycles. The van der Waals surface area contributed by atoms with Gasteiger partial charge >= 0.3 is 0 Å². The van der Waals surface area contributed by atoms with Crippen molar-refractivity contribution in [1.29, 1.82) is 0 Å². The summed E-state index contributed by atoms with van der Waals surface area (Å²) >= 11 is 0. The highest BCUT2D eigenvalue weighted by Gasteiger charge is 2.40. The highest BCUT2D eigenvalue weighted by molar-refractivity contribution is 7.91. The average Bonchev–Trinajstić information content (AvgIpc) is 2.63. The van der Waals surface area contributed by atoms with Crippen LogP contribution in [0.15, 0.2) is 24.3 Å². The number of rotatable bonds is 4. The second kappa shape index (κ2) is 5.67. The summed E-state index contributed by atoms with van der Waals surface area (Å²) in [5.74, 6) is 0.442. The van der Waals surface area contributed by atoms with Crippen molar-refractivity contribution < 1.29 is 17.9 Å². The van der Waals surface area contributed by atoms with Crippen LogP contribution in [0, 0.1) is 6.92 Å². The van der Waals surface area contributed by atoms with Crippen molar-refractivity contribution in [1.82, 2.24) is 5.32 Å². The number of aryl methyl sites for hydroxylation is 1. The number of amides is 1. The van der Waals surface area contributed by atoms with Crippen LogP contribution in [0.1, 0.15) is 25.8 Å². The minimum Gasteiger partial charge on any atom is -0.481 e. The van der Waals surface area contributed by atoms with Gasteiger partial charge in [-0.25, -0.2) is 8.42 Å².